The number of piperazine rings is 1. The normalized spacial score (nSPS) is 14.8. The Bertz CT molecular complexity index is 1050. The number of amides is 1. The Hall–Kier alpha value is -2.65. The van der Waals surface area contributed by atoms with Crippen LogP contribution in [0.4, 0.5) is 19.0 Å². The van der Waals surface area contributed by atoms with Crippen molar-refractivity contribution in [1.29, 1.82) is 0 Å². The maximum atomic E-state index is 12.8. The molecule has 1 aliphatic rings. The maximum Gasteiger partial charge on any atom is 0.417 e. The summed E-state index contributed by atoms with van der Waals surface area (Å²) in [5.74, 6) is 0.182. The Morgan fingerprint density at radius 2 is 1.73 bits per heavy atom. The van der Waals surface area contributed by atoms with Gasteiger partial charge in [-0.1, -0.05) is 41.9 Å². The lowest BCUT2D eigenvalue weighted by Crippen LogP contribution is -2.49. The molecule has 0 unspecified atom stereocenters. The molecule has 4 rings (SSSR count). The summed E-state index contributed by atoms with van der Waals surface area (Å²) >= 11 is 7.37. The Morgan fingerprint density at radius 1 is 1.03 bits per heavy atom. The molecule has 1 saturated heterocycles. The number of benzene rings is 1. The van der Waals surface area contributed by atoms with Gasteiger partial charge in [0.25, 0.3) is 5.91 Å². The fourth-order valence-corrected chi connectivity index (χ4v) is 4.36. The fourth-order valence-electron chi connectivity index (χ4n) is 3.18. The number of nitrogens with zero attached hydrogens (tertiary/aromatic N) is 4. The number of hydrogen-bond acceptors (Lipinski definition) is 5. The second kappa shape index (κ2) is 8.23. The lowest BCUT2D eigenvalue weighted by molar-refractivity contribution is -0.137. The van der Waals surface area contributed by atoms with E-state index in [1.807, 2.05) is 30.3 Å². The van der Waals surface area contributed by atoms with Gasteiger partial charge in [0.1, 0.15) is 15.7 Å². The van der Waals surface area contributed by atoms with E-state index in [0.29, 0.717) is 36.9 Å². The van der Waals surface area contributed by atoms with Crippen molar-refractivity contribution in [3.8, 4) is 10.6 Å². The zero-order valence-corrected chi connectivity index (χ0v) is 17.1. The molecule has 30 heavy (non-hydrogen) atoms. The number of alkyl halides is 3. The van der Waals surface area contributed by atoms with Crippen molar-refractivity contribution in [3.05, 3.63) is 64.3 Å². The van der Waals surface area contributed by atoms with E-state index in [1.165, 1.54) is 11.3 Å². The van der Waals surface area contributed by atoms with Gasteiger partial charge in [-0.25, -0.2) is 9.97 Å². The Kier molecular flexibility index (Phi) is 5.66. The standard InChI is InChI=1S/C20H16ClF3N4OS/c21-15-10-14(20(22,23)24)11-25-17(15)27-6-8-28(9-7-27)19(29)16-12-26-18(30-16)13-4-2-1-3-5-13/h1-5,10-12H,6-9H2. The van der Waals surface area contributed by atoms with E-state index in [2.05, 4.69) is 9.97 Å². The zero-order chi connectivity index (χ0) is 21.3. The fraction of sp³-hybridized carbons (Fsp3) is 0.250. The van der Waals surface area contributed by atoms with E-state index in [1.54, 1.807) is 16.0 Å². The van der Waals surface area contributed by atoms with Gasteiger partial charge in [0.2, 0.25) is 0 Å². The molecule has 0 bridgehead atoms. The number of carbonyl (C=O) groups is 1. The summed E-state index contributed by atoms with van der Waals surface area (Å²) in [5, 5.41) is 0.720. The van der Waals surface area contributed by atoms with Gasteiger partial charge in [0.05, 0.1) is 16.8 Å². The number of pyridine rings is 1. The van der Waals surface area contributed by atoms with Crippen LogP contribution in [0.2, 0.25) is 5.02 Å². The summed E-state index contributed by atoms with van der Waals surface area (Å²) in [7, 11) is 0. The average molecular weight is 453 g/mol. The van der Waals surface area contributed by atoms with Gasteiger partial charge in [-0.3, -0.25) is 4.79 Å². The number of anilines is 1. The number of hydrogen-bond donors (Lipinski definition) is 0. The molecule has 1 fully saturated rings. The molecule has 10 heteroatoms. The lowest BCUT2D eigenvalue weighted by atomic mass is 10.2. The van der Waals surface area contributed by atoms with Gasteiger partial charge in [-0.05, 0) is 6.07 Å². The molecule has 0 saturated carbocycles. The first kappa shape index (κ1) is 20.6. The van der Waals surface area contributed by atoms with Crippen molar-refractivity contribution in [2.75, 3.05) is 31.1 Å². The van der Waals surface area contributed by atoms with Gasteiger partial charge in [0.15, 0.2) is 0 Å². The van der Waals surface area contributed by atoms with E-state index >= 15 is 0 Å². The molecule has 1 amide bonds. The van der Waals surface area contributed by atoms with E-state index in [9.17, 15) is 18.0 Å². The van der Waals surface area contributed by atoms with E-state index in [0.717, 1.165) is 22.8 Å². The van der Waals surface area contributed by atoms with Crippen molar-refractivity contribution in [2.24, 2.45) is 0 Å². The van der Waals surface area contributed by atoms with Crippen LogP contribution in [0, 0.1) is 0 Å². The highest BCUT2D eigenvalue weighted by atomic mass is 35.5. The van der Waals surface area contributed by atoms with Crippen LogP contribution in [0.25, 0.3) is 10.6 Å². The van der Waals surface area contributed by atoms with Crippen LogP contribution in [-0.2, 0) is 6.18 Å². The molecular formula is C20H16ClF3N4OS. The zero-order valence-electron chi connectivity index (χ0n) is 15.6. The van der Waals surface area contributed by atoms with Crippen molar-refractivity contribution in [1.82, 2.24) is 14.9 Å². The molecule has 0 N–H and O–H groups in total. The highest BCUT2D eigenvalue weighted by Gasteiger charge is 2.32. The van der Waals surface area contributed by atoms with Crippen molar-refractivity contribution in [3.63, 3.8) is 0 Å². The third kappa shape index (κ3) is 4.27. The van der Waals surface area contributed by atoms with Crippen molar-refractivity contribution in [2.45, 2.75) is 6.18 Å². The molecule has 0 aliphatic carbocycles. The predicted octanol–water partition coefficient (Wildman–Crippen LogP) is 4.84. The van der Waals surface area contributed by atoms with Gasteiger partial charge in [0, 0.05) is 37.9 Å². The van der Waals surface area contributed by atoms with Crippen LogP contribution in [-0.4, -0.2) is 47.0 Å². The molecule has 2 aromatic heterocycles. The highest BCUT2D eigenvalue weighted by Crippen LogP contribution is 2.34. The Labute approximate surface area is 179 Å². The van der Waals surface area contributed by atoms with Crippen LogP contribution in [0.3, 0.4) is 0 Å². The summed E-state index contributed by atoms with van der Waals surface area (Å²) in [4.78, 5) is 25.1. The van der Waals surface area contributed by atoms with E-state index < -0.39 is 11.7 Å². The summed E-state index contributed by atoms with van der Waals surface area (Å²) in [5.41, 5.74) is 0.0684. The van der Waals surface area contributed by atoms with Gasteiger partial charge in [-0.2, -0.15) is 13.2 Å². The third-order valence-electron chi connectivity index (χ3n) is 4.75. The molecule has 156 valence electrons. The van der Waals surface area contributed by atoms with Crippen LogP contribution in [0.1, 0.15) is 15.2 Å². The maximum absolute atomic E-state index is 12.8. The first-order chi connectivity index (χ1) is 14.3. The minimum absolute atomic E-state index is 0.0560. The average Bonchev–Trinajstić information content (AvgIpc) is 3.24. The smallest absolute Gasteiger partial charge is 0.352 e. The number of thiazole rings is 1. The monoisotopic (exact) mass is 452 g/mol. The molecule has 3 aromatic rings. The molecule has 3 heterocycles. The highest BCUT2D eigenvalue weighted by molar-refractivity contribution is 7.16. The van der Waals surface area contributed by atoms with Crippen LogP contribution >= 0.6 is 22.9 Å². The summed E-state index contributed by atoms with van der Waals surface area (Å²) < 4.78 is 38.4. The molecule has 0 radical (unpaired) electrons. The van der Waals surface area contributed by atoms with Crippen LogP contribution in [0.5, 0.6) is 0 Å². The van der Waals surface area contributed by atoms with Gasteiger partial charge in [-0.15, -0.1) is 11.3 Å². The SMILES string of the molecule is O=C(c1cnc(-c2ccccc2)s1)N1CCN(c2ncc(C(F)(F)F)cc2Cl)CC1. The Morgan fingerprint density at radius 3 is 2.37 bits per heavy atom. The van der Waals surface area contributed by atoms with Crippen molar-refractivity contribution >= 4 is 34.7 Å². The topological polar surface area (TPSA) is 49.3 Å². The molecular weight excluding hydrogens is 437 g/mol. The molecule has 1 aromatic carbocycles. The second-order valence-electron chi connectivity index (χ2n) is 6.70. The van der Waals surface area contributed by atoms with E-state index in [4.69, 9.17) is 11.6 Å². The van der Waals surface area contributed by atoms with E-state index in [-0.39, 0.29) is 10.9 Å². The predicted molar refractivity (Wildman–Crippen MR) is 110 cm³/mol. The molecule has 5 nitrogen and oxygen atoms in total. The number of carbonyl (C=O) groups excluding carboxylic acids is 1. The second-order valence-corrected chi connectivity index (χ2v) is 8.14. The molecule has 1 aliphatic heterocycles. The lowest BCUT2D eigenvalue weighted by Gasteiger charge is -2.35. The minimum atomic E-state index is -4.49. The van der Waals surface area contributed by atoms with Gasteiger partial charge < -0.3 is 9.80 Å². The first-order valence-corrected chi connectivity index (χ1v) is 10.3. The molecule has 0 spiro atoms. The number of aromatic nitrogens is 2. The Balaban J connectivity index is 1.41. The van der Waals surface area contributed by atoms with Crippen molar-refractivity contribution < 1.29 is 18.0 Å². The largest absolute Gasteiger partial charge is 0.417 e. The summed E-state index contributed by atoms with van der Waals surface area (Å²) in [6.07, 6.45) is -2.13. The van der Waals surface area contributed by atoms with Gasteiger partial charge >= 0.3 is 6.18 Å². The van der Waals surface area contributed by atoms with Crippen LogP contribution in [0.15, 0.2) is 48.8 Å². The summed E-state index contributed by atoms with van der Waals surface area (Å²) in [6, 6.07) is 10.5. The minimum Gasteiger partial charge on any atom is -0.352 e. The molecule has 0 atom stereocenters. The number of rotatable bonds is 3. The quantitative estimate of drug-likeness (QED) is 0.570. The third-order valence-corrected chi connectivity index (χ3v) is 6.07. The van der Waals surface area contributed by atoms with Crippen LogP contribution < -0.4 is 4.90 Å². The number of halogens is 4. The first-order valence-electron chi connectivity index (χ1n) is 9.11. The summed E-state index contributed by atoms with van der Waals surface area (Å²) in [6.45, 7) is 1.68.